The van der Waals surface area contributed by atoms with Crippen molar-refractivity contribution in [1.82, 2.24) is 0 Å². The van der Waals surface area contributed by atoms with Gasteiger partial charge < -0.3 is 0 Å². The second-order valence-corrected chi connectivity index (χ2v) is 5.56. The third-order valence-electron chi connectivity index (χ3n) is 3.48. The number of rotatable bonds is 3. The molecule has 6 nitrogen and oxygen atoms in total. The zero-order valence-corrected chi connectivity index (χ0v) is 13.1. The molecule has 6 heteroatoms. The van der Waals surface area contributed by atoms with Gasteiger partial charge >= 0.3 is 0 Å². The molecular weight excluding hydrogens is 296 g/mol. The van der Waals surface area contributed by atoms with Crippen LogP contribution in [0, 0.1) is 16.0 Å². The molecule has 1 amide bonds. The average molecular weight is 312 g/mol. The largest absolute Gasteiger partial charge is 0.290 e. The van der Waals surface area contributed by atoms with E-state index in [0.717, 1.165) is 0 Å². The van der Waals surface area contributed by atoms with Crippen molar-refractivity contribution in [3.63, 3.8) is 0 Å². The van der Waals surface area contributed by atoms with Crippen molar-refractivity contribution >= 4 is 23.1 Å². The number of allylic oxidation sites excluding steroid dienone is 4. The average Bonchev–Trinajstić information content (AvgIpc) is 2.49. The Labute approximate surface area is 133 Å². The van der Waals surface area contributed by atoms with Gasteiger partial charge in [-0.3, -0.25) is 19.7 Å². The lowest BCUT2D eigenvalue weighted by molar-refractivity contribution is -0.384. The monoisotopic (exact) mass is 312 g/mol. The highest BCUT2D eigenvalue weighted by Gasteiger charge is 2.20. The molecule has 0 radical (unpaired) electrons. The van der Waals surface area contributed by atoms with Gasteiger partial charge in [0.2, 0.25) is 0 Å². The molecule has 2 rings (SSSR count). The Morgan fingerprint density at radius 3 is 2.57 bits per heavy atom. The van der Waals surface area contributed by atoms with E-state index in [0.29, 0.717) is 16.9 Å². The van der Waals surface area contributed by atoms with Crippen molar-refractivity contribution in [1.29, 1.82) is 0 Å². The number of hydrogen-bond donors (Lipinski definition) is 0. The molecule has 0 unspecified atom stereocenters. The number of nitro groups is 1. The molecular formula is C17H16N2O4. The predicted octanol–water partition coefficient (Wildman–Crippen LogP) is 3.29. The van der Waals surface area contributed by atoms with E-state index in [-0.39, 0.29) is 23.0 Å². The summed E-state index contributed by atoms with van der Waals surface area (Å²) in [6, 6.07) is 5.41. The van der Waals surface area contributed by atoms with Crippen molar-refractivity contribution in [3.8, 4) is 0 Å². The lowest BCUT2D eigenvalue weighted by atomic mass is 9.90. The molecule has 0 bridgehead atoms. The smallest absolute Gasteiger partial charge is 0.277 e. The lowest BCUT2D eigenvalue weighted by Gasteiger charge is -2.14. The first-order valence-corrected chi connectivity index (χ1v) is 7.11. The van der Waals surface area contributed by atoms with E-state index in [1.54, 1.807) is 13.0 Å². The Balaban J connectivity index is 2.39. The van der Waals surface area contributed by atoms with Crippen LogP contribution >= 0.6 is 0 Å². The maximum atomic E-state index is 12.2. The molecule has 0 heterocycles. The standard InChI is InChI=1S/C17H16N2O4/c1-10(2)14-9-15(11(3)7-16(14)20)18-17(21)12-5-4-6-13(8-12)19(22)23/h4-10H,1-3H3. The van der Waals surface area contributed by atoms with Crippen LogP contribution in [-0.4, -0.2) is 22.3 Å². The van der Waals surface area contributed by atoms with Crippen LogP contribution in [0.3, 0.4) is 0 Å². The Morgan fingerprint density at radius 1 is 1.26 bits per heavy atom. The molecule has 1 aliphatic rings. The van der Waals surface area contributed by atoms with E-state index in [9.17, 15) is 19.7 Å². The Kier molecular flexibility index (Phi) is 4.64. The molecule has 0 spiro atoms. The summed E-state index contributed by atoms with van der Waals surface area (Å²) in [7, 11) is 0. The number of aliphatic imine (C=N–C) groups is 1. The summed E-state index contributed by atoms with van der Waals surface area (Å²) in [5.41, 5.74) is 1.56. The van der Waals surface area contributed by atoms with Gasteiger partial charge in [-0.15, -0.1) is 0 Å². The van der Waals surface area contributed by atoms with Crippen LogP contribution in [0.4, 0.5) is 5.69 Å². The summed E-state index contributed by atoms with van der Waals surface area (Å²) in [4.78, 5) is 38.4. The van der Waals surface area contributed by atoms with Crippen LogP contribution in [0.5, 0.6) is 0 Å². The number of nitrogens with zero attached hydrogens (tertiary/aromatic N) is 2. The molecule has 0 atom stereocenters. The van der Waals surface area contributed by atoms with Crippen LogP contribution in [0.25, 0.3) is 0 Å². The molecule has 118 valence electrons. The first-order chi connectivity index (χ1) is 10.8. The van der Waals surface area contributed by atoms with Crippen molar-refractivity contribution in [2.75, 3.05) is 0 Å². The zero-order valence-electron chi connectivity index (χ0n) is 13.1. The maximum absolute atomic E-state index is 12.2. The van der Waals surface area contributed by atoms with Gasteiger partial charge in [0.1, 0.15) is 0 Å². The number of non-ortho nitro benzene ring substituents is 1. The van der Waals surface area contributed by atoms with Crippen molar-refractivity contribution in [3.05, 3.63) is 63.2 Å². The number of amides is 1. The fourth-order valence-electron chi connectivity index (χ4n) is 2.18. The highest BCUT2D eigenvalue weighted by atomic mass is 16.6. The summed E-state index contributed by atoms with van der Waals surface area (Å²) >= 11 is 0. The highest BCUT2D eigenvalue weighted by Crippen LogP contribution is 2.20. The molecule has 1 aromatic carbocycles. The molecule has 0 N–H and O–H groups in total. The van der Waals surface area contributed by atoms with Crippen LogP contribution in [0.1, 0.15) is 31.1 Å². The summed E-state index contributed by atoms with van der Waals surface area (Å²) < 4.78 is 0. The fourth-order valence-corrected chi connectivity index (χ4v) is 2.18. The molecule has 0 fully saturated rings. The molecule has 1 aromatic rings. The van der Waals surface area contributed by atoms with E-state index in [1.807, 2.05) is 13.8 Å². The first-order valence-electron chi connectivity index (χ1n) is 7.11. The van der Waals surface area contributed by atoms with Gasteiger partial charge in [0, 0.05) is 23.3 Å². The van der Waals surface area contributed by atoms with E-state index >= 15 is 0 Å². The van der Waals surface area contributed by atoms with Crippen molar-refractivity contribution in [2.45, 2.75) is 20.8 Å². The van der Waals surface area contributed by atoms with Crippen LogP contribution in [0.15, 0.2) is 52.6 Å². The van der Waals surface area contributed by atoms with Gasteiger partial charge in [-0.1, -0.05) is 19.9 Å². The normalized spacial score (nSPS) is 16.3. The minimum Gasteiger partial charge on any atom is -0.290 e. The molecule has 0 aliphatic heterocycles. The van der Waals surface area contributed by atoms with E-state index in [1.165, 1.54) is 30.3 Å². The van der Waals surface area contributed by atoms with Gasteiger partial charge in [0.15, 0.2) is 5.78 Å². The topological polar surface area (TPSA) is 89.6 Å². The Morgan fingerprint density at radius 2 is 1.96 bits per heavy atom. The van der Waals surface area contributed by atoms with Gasteiger partial charge in [0.05, 0.1) is 10.6 Å². The van der Waals surface area contributed by atoms with E-state index in [4.69, 9.17) is 0 Å². The highest BCUT2D eigenvalue weighted by molar-refractivity contribution is 6.24. The zero-order chi connectivity index (χ0) is 17.1. The fraction of sp³-hybridized carbons (Fsp3) is 0.235. The van der Waals surface area contributed by atoms with E-state index in [2.05, 4.69) is 4.99 Å². The van der Waals surface area contributed by atoms with Crippen molar-refractivity contribution in [2.24, 2.45) is 10.9 Å². The molecule has 0 saturated carbocycles. The van der Waals surface area contributed by atoms with Crippen LogP contribution < -0.4 is 0 Å². The Hall–Kier alpha value is -2.89. The summed E-state index contributed by atoms with van der Waals surface area (Å²) in [5.74, 6) is -0.644. The molecule has 23 heavy (non-hydrogen) atoms. The third-order valence-corrected chi connectivity index (χ3v) is 3.48. The number of ketones is 1. The van der Waals surface area contributed by atoms with Gasteiger partial charge in [-0.2, -0.15) is 0 Å². The second kappa shape index (κ2) is 6.48. The summed E-state index contributed by atoms with van der Waals surface area (Å²) in [6.45, 7) is 5.47. The number of nitro benzene ring substituents is 1. The first kappa shape index (κ1) is 16.5. The maximum Gasteiger partial charge on any atom is 0.277 e. The third kappa shape index (κ3) is 3.66. The quantitative estimate of drug-likeness (QED) is 0.486. The molecule has 1 aliphatic carbocycles. The summed E-state index contributed by atoms with van der Waals surface area (Å²) in [5, 5.41) is 10.8. The van der Waals surface area contributed by atoms with Crippen molar-refractivity contribution < 1.29 is 14.5 Å². The van der Waals surface area contributed by atoms with E-state index < -0.39 is 10.8 Å². The number of carbonyl (C=O) groups is 2. The number of benzene rings is 1. The number of hydrogen-bond acceptors (Lipinski definition) is 4. The van der Waals surface area contributed by atoms with Gasteiger partial charge in [-0.25, -0.2) is 4.99 Å². The molecule has 0 aromatic heterocycles. The van der Waals surface area contributed by atoms with Crippen LogP contribution in [-0.2, 0) is 4.79 Å². The second-order valence-electron chi connectivity index (χ2n) is 5.56. The Bertz CT molecular complexity index is 786. The lowest BCUT2D eigenvalue weighted by Crippen LogP contribution is -2.16. The number of carbonyl (C=O) groups excluding carboxylic acids is 2. The van der Waals surface area contributed by atoms with Crippen LogP contribution in [0.2, 0.25) is 0 Å². The predicted molar refractivity (Wildman–Crippen MR) is 86.5 cm³/mol. The minimum absolute atomic E-state index is 0.0185. The van der Waals surface area contributed by atoms with Gasteiger partial charge in [-0.05, 0) is 36.6 Å². The van der Waals surface area contributed by atoms with Gasteiger partial charge in [0.25, 0.3) is 11.6 Å². The minimum atomic E-state index is -0.579. The SMILES string of the molecule is CC1=CC(=O)C(C(C)C)=CC1=NC(=O)c1cccc([N+](=O)[O-])c1. The summed E-state index contributed by atoms with van der Waals surface area (Å²) in [6.07, 6.45) is 3.06. The molecule has 0 saturated heterocycles.